The van der Waals surface area contributed by atoms with E-state index in [0.717, 1.165) is 31.7 Å². The number of ether oxygens (including phenoxy) is 1. The maximum atomic E-state index is 5.91. The normalized spacial score (nSPS) is 23.0. The Bertz CT molecular complexity index is 609. The van der Waals surface area contributed by atoms with Crippen LogP contribution in [-0.2, 0) is 11.3 Å². The summed E-state index contributed by atoms with van der Waals surface area (Å²) in [5, 5.41) is 11.6. The highest BCUT2D eigenvalue weighted by atomic mass is 16.5. The summed E-state index contributed by atoms with van der Waals surface area (Å²) in [5.41, 5.74) is 1.16. The Hall–Kier alpha value is -1.73. The van der Waals surface area contributed by atoms with Gasteiger partial charge < -0.3 is 14.6 Å². The Morgan fingerprint density at radius 3 is 3.05 bits per heavy atom. The Morgan fingerprint density at radius 1 is 1.50 bits per heavy atom. The van der Waals surface area contributed by atoms with Gasteiger partial charge in [-0.05, 0) is 27.2 Å². The van der Waals surface area contributed by atoms with Crippen LogP contribution in [0.4, 0.5) is 0 Å². The van der Waals surface area contributed by atoms with E-state index in [4.69, 9.17) is 9.26 Å². The lowest BCUT2D eigenvalue weighted by molar-refractivity contribution is 0.0895. The van der Waals surface area contributed by atoms with Gasteiger partial charge in [-0.15, -0.1) is 0 Å². The van der Waals surface area contributed by atoms with E-state index in [1.807, 2.05) is 24.7 Å². The summed E-state index contributed by atoms with van der Waals surface area (Å²) in [6.07, 6.45) is 5.15. The van der Waals surface area contributed by atoms with E-state index >= 15 is 0 Å². The summed E-state index contributed by atoms with van der Waals surface area (Å²) in [6, 6.07) is 0.0424. The number of nitrogens with zero attached hydrogens (tertiary/aromatic N) is 4. The summed E-state index contributed by atoms with van der Waals surface area (Å²) in [7, 11) is 0. The second-order valence-electron chi connectivity index (χ2n) is 5.78. The van der Waals surface area contributed by atoms with Gasteiger partial charge in [0.2, 0.25) is 5.89 Å². The molecule has 3 rings (SSSR count). The van der Waals surface area contributed by atoms with Crippen molar-refractivity contribution >= 4 is 0 Å². The fraction of sp³-hybridized carbons (Fsp3) is 0.667. The maximum absolute atomic E-state index is 5.91. The Kier molecular flexibility index (Phi) is 4.54. The largest absolute Gasteiger partial charge is 0.373 e. The molecule has 3 heterocycles. The number of rotatable bonds is 6. The van der Waals surface area contributed by atoms with Gasteiger partial charge in [0.05, 0.1) is 18.3 Å². The van der Waals surface area contributed by atoms with E-state index in [1.165, 1.54) is 0 Å². The second kappa shape index (κ2) is 6.58. The van der Waals surface area contributed by atoms with Gasteiger partial charge in [-0.2, -0.15) is 10.1 Å². The molecule has 1 aliphatic heterocycles. The van der Waals surface area contributed by atoms with Crippen molar-refractivity contribution in [2.75, 3.05) is 13.2 Å². The topological polar surface area (TPSA) is 78.0 Å². The molecule has 1 fully saturated rings. The standard InChI is InChI=1S/C15H23N5O2/c1-4-20-9-13(8-17-20)14-12(5-6-21-14)7-16-10(2)15-18-11(3)19-22-15/h8-10,12,14,16H,4-7H2,1-3H3/t10-,12+,14-/m1/s1. The average molecular weight is 305 g/mol. The fourth-order valence-electron chi connectivity index (χ4n) is 2.82. The third-order valence-electron chi connectivity index (χ3n) is 4.12. The van der Waals surface area contributed by atoms with Crippen LogP contribution >= 0.6 is 0 Å². The number of hydrogen-bond donors (Lipinski definition) is 1. The lowest BCUT2D eigenvalue weighted by Crippen LogP contribution is -2.27. The third-order valence-corrected chi connectivity index (χ3v) is 4.12. The SMILES string of the molecule is CCn1cc([C@@H]2OCC[C@H]2CN[C@H](C)c2nc(C)no2)cn1. The molecule has 22 heavy (non-hydrogen) atoms. The minimum absolute atomic E-state index is 0.0424. The van der Waals surface area contributed by atoms with Crippen molar-refractivity contribution in [3.63, 3.8) is 0 Å². The highest BCUT2D eigenvalue weighted by Crippen LogP contribution is 2.34. The molecule has 0 radical (unpaired) electrons. The molecule has 0 amide bonds. The molecule has 2 aromatic rings. The van der Waals surface area contributed by atoms with Crippen LogP contribution in [0.5, 0.6) is 0 Å². The van der Waals surface area contributed by atoms with Crippen molar-refractivity contribution < 1.29 is 9.26 Å². The van der Waals surface area contributed by atoms with Gasteiger partial charge in [0, 0.05) is 37.4 Å². The molecule has 0 unspecified atom stereocenters. The lowest BCUT2D eigenvalue weighted by atomic mass is 9.97. The molecule has 7 heteroatoms. The number of aryl methyl sites for hydroxylation is 2. The second-order valence-corrected chi connectivity index (χ2v) is 5.78. The molecule has 0 aromatic carbocycles. The van der Waals surface area contributed by atoms with E-state index in [2.05, 4.69) is 33.7 Å². The van der Waals surface area contributed by atoms with Crippen LogP contribution in [0.25, 0.3) is 0 Å². The number of nitrogens with one attached hydrogen (secondary N) is 1. The summed E-state index contributed by atoms with van der Waals surface area (Å²) < 4.78 is 13.0. The first-order valence-corrected chi connectivity index (χ1v) is 7.85. The zero-order chi connectivity index (χ0) is 15.5. The van der Waals surface area contributed by atoms with Crippen molar-refractivity contribution in [2.24, 2.45) is 5.92 Å². The Morgan fingerprint density at radius 2 is 2.36 bits per heavy atom. The third kappa shape index (κ3) is 3.20. The minimum atomic E-state index is 0.0424. The monoisotopic (exact) mass is 305 g/mol. The van der Waals surface area contributed by atoms with Crippen molar-refractivity contribution in [3.8, 4) is 0 Å². The molecule has 0 aliphatic carbocycles. The Balaban J connectivity index is 1.59. The van der Waals surface area contributed by atoms with Crippen molar-refractivity contribution in [1.82, 2.24) is 25.2 Å². The minimum Gasteiger partial charge on any atom is -0.373 e. The maximum Gasteiger partial charge on any atom is 0.243 e. The van der Waals surface area contributed by atoms with Crippen LogP contribution in [0.1, 0.15) is 49.7 Å². The summed E-state index contributed by atoms with van der Waals surface area (Å²) in [5.74, 6) is 1.73. The zero-order valence-corrected chi connectivity index (χ0v) is 13.3. The summed E-state index contributed by atoms with van der Waals surface area (Å²) in [4.78, 5) is 4.26. The van der Waals surface area contributed by atoms with Gasteiger partial charge >= 0.3 is 0 Å². The molecule has 120 valence electrons. The number of hydrogen-bond acceptors (Lipinski definition) is 6. The van der Waals surface area contributed by atoms with Crippen LogP contribution < -0.4 is 5.32 Å². The van der Waals surface area contributed by atoms with E-state index in [9.17, 15) is 0 Å². The van der Waals surface area contributed by atoms with Crippen molar-refractivity contribution in [2.45, 2.75) is 45.9 Å². The first-order valence-electron chi connectivity index (χ1n) is 7.85. The molecule has 2 aromatic heterocycles. The first kappa shape index (κ1) is 15.2. The van der Waals surface area contributed by atoms with Gasteiger partial charge in [-0.3, -0.25) is 4.68 Å². The van der Waals surface area contributed by atoms with Crippen LogP contribution in [0, 0.1) is 12.8 Å². The van der Waals surface area contributed by atoms with Crippen LogP contribution in [0.2, 0.25) is 0 Å². The van der Waals surface area contributed by atoms with E-state index < -0.39 is 0 Å². The van der Waals surface area contributed by atoms with Gasteiger partial charge in [0.25, 0.3) is 0 Å². The number of aromatic nitrogens is 4. The predicted molar refractivity (Wildman–Crippen MR) is 80.2 cm³/mol. The van der Waals surface area contributed by atoms with E-state index in [1.54, 1.807) is 0 Å². The van der Waals surface area contributed by atoms with E-state index in [0.29, 0.717) is 17.6 Å². The predicted octanol–water partition coefficient (Wildman–Crippen LogP) is 2.02. The molecule has 7 nitrogen and oxygen atoms in total. The van der Waals surface area contributed by atoms with E-state index in [-0.39, 0.29) is 12.1 Å². The van der Waals surface area contributed by atoms with Gasteiger partial charge in [-0.25, -0.2) is 0 Å². The fourth-order valence-corrected chi connectivity index (χ4v) is 2.82. The van der Waals surface area contributed by atoms with Crippen molar-refractivity contribution in [3.05, 3.63) is 29.7 Å². The molecule has 1 saturated heterocycles. The smallest absolute Gasteiger partial charge is 0.243 e. The zero-order valence-electron chi connectivity index (χ0n) is 13.3. The molecule has 1 aliphatic rings. The van der Waals surface area contributed by atoms with Crippen LogP contribution in [0.15, 0.2) is 16.9 Å². The molecular weight excluding hydrogens is 282 g/mol. The Labute approximate surface area is 130 Å². The highest BCUT2D eigenvalue weighted by molar-refractivity contribution is 5.11. The quantitative estimate of drug-likeness (QED) is 0.879. The first-order chi connectivity index (χ1) is 10.7. The summed E-state index contributed by atoms with van der Waals surface area (Å²) >= 11 is 0. The highest BCUT2D eigenvalue weighted by Gasteiger charge is 2.31. The van der Waals surface area contributed by atoms with Gasteiger partial charge in [-0.1, -0.05) is 5.16 Å². The van der Waals surface area contributed by atoms with Gasteiger partial charge in [0.15, 0.2) is 5.82 Å². The molecule has 1 N–H and O–H groups in total. The van der Waals surface area contributed by atoms with Crippen molar-refractivity contribution in [1.29, 1.82) is 0 Å². The molecule has 3 atom stereocenters. The molecule has 0 saturated carbocycles. The lowest BCUT2D eigenvalue weighted by Gasteiger charge is -2.19. The average Bonchev–Trinajstić information content (AvgIpc) is 3.24. The molecule has 0 bridgehead atoms. The van der Waals surface area contributed by atoms with Crippen LogP contribution in [0.3, 0.4) is 0 Å². The summed E-state index contributed by atoms with van der Waals surface area (Å²) in [6.45, 7) is 8.47. The van der Waals surface area contributed by atoms with Gasteiger partial charge in [0.1, 0.15) is 0 Å². The molecular formula is C15H23N5O2. The van der Waals surface area contributed by atoms with Crippen LogP contribution in [-0.4, -0.2) is 33.1 Å². The molecule has 0 spiro atoms.